The normalized spacial score (nSPS) is 11.1. The van der Waals surface area contributed by atoms with E-state index in [1.165, 1.54) is 4.57 Å². The van der Waals surface area contributed by atoms with Crippen LogP contribution in [0.5, 0.6) is 11.5 Å². The van der Waals surface area contributed by atoms with Crippen LogP contribution in [0, 0.1) is 0 Å². The average Bonchev–Trinajstić information content (AvgIpc) is 3.54. The molecular formula is C26H25N5O4. The van der Waals surface area contributed by atoms with Crippen LogP contribution in [-0.4, -0.2) is 38.0 Å². The third kappa shape index (κ3) is 4.52. The molecule has 0 unspecified atom stereocenters. The van der Waals surface area contributed by atoms with Gasteiger partial charge in [0, 0.05) is 18.0 Å². The molecule has 0 N–H and O–H groups in total. The van der Waals surface area contributed by atoms with Gasteiger partial charge in [0.2, 0.25) is 11.7 Å². The monoisotopic (exact) mass is 471 g/mol. The van der Waals surface area contributed by atoms with Crippen LogP contribution in [0.3, 0.4) is 0 Å². The Kier molecular flexibility index (Phi) is 6.30. The number of para-hydroxylation sites is 2. The predicted molar refractivity (Wildman–Crippen MR) is 131 cm³/mol. The maximum absolute atomic E-state index is 13.2. The van der Waals surface area contributed by atoms with Crippen LogP contribution in [0.15, 0.2) is 76.3 Å². The second kappa shape index (κ2) is 9.84. The van der Waals surface area contributed by atoms with E-state index >= 15 is 0 Å². The van der Waals surface area contributed by atoms with Gasteiger partial charge >= 0.3 is 0 Å². The SMILES string of the molecule is CCCCOc1ccccc1-c1cc2c(=O)n(Cc3nc(-c4ccccc4OC)no3)ccn2n1. The quantitative estimate of drug-likeness (QED) is 0.293. The molecule has 0 saturated heterocycles. The summed E-state index contributed by atoms with van der Waals surface area (Å²) in [4.78, 5) is 17.7. The Balaban J connectivity index is 1.43. The highest BCUT2D eigenvalue weighted by Gasteiger charge is 2.16. The van der Waals surface area contributed by atoms with Crippen molar-refractivity contribution in [3.05, 3.63) is 83.2 Å². The molecule has 0 bridgehead atoms. The van der Waals surface area contributed by atoms with Crippen molar-refractivity contribution in [3.8, 4) is 34.1 Å². The minimum Gasteiger partial charge on any atom is -0.496 e. The predicted octanol–water partition coefficient (Wildman–Crippen LogP) is 4.45. The topological polar surface area (TPSA) is 96.7 Å². The van der Waals surface area contributed by atoms with Crippen LogP contribution >= 0.6 is 0 Å². The average molecular weight is 472 g/mol. The molecule has 0 fully saturated rings. The molecule has 3 aromatic heterocycles. The second-order valence-electron chi connectivity index (χ2n) is 8.00. The van der Waals surface area contributed by atoms with Gasteiger partial charge in [-0.2, -0.15) is 10.1 Å². The number of hydrogen-bond acceptors (Lipinski definition) is 7. The summed E-state index contributed by atoms with van der Waals surface area (Å²) in [6.45, 7) is 2.89. The lowest BCUT2D eigenvalue weighted by Crippen LogP contribution is -2.21. The smallest absolute Gasteiger partial charge is 0.277 e. The number of unbranched alkanes of at least 4 members (excludes halogenated alkanes) is 1. The van der Waals surface area contributed by atoms with E-state index in [9.17, 15) is 4.79 Å². The van der Waals surface area contributed by atoms with Crippen LogP contribution in [0.25, 0.3) is 28.2 Å². The van der Waals surface area contributed by atoms with E-state index in [-0.39, 0.29) is 12.1 Å². The van der Waals surface area contributed by atoms with Gasteiger partial charge in [0.05, 0.1) is 25.0 Å². The fraction of sp³-hybridized carbons (Fsp3) is 0.231. The maximum atomic E-state index is 13.2. The number of ether oxygens (including phenoxy) is 2. The van der Waals surface area contributed by atoms with Gasteiger partial charge in [-0.3, -0.25) is 4.79 Å². The third-order valence-corrected chi connectivity index (χ3v) is 5.64. The fourth-order valence-electron chi connectivity index (χ4n) is 3.82. The molecule has 0 saturated carbocycles. The number of methoxy groups -OCH3 is 1. The zero-order chi connectivity index (χ0) is 24.2. The highest BCUT2D eigenvalue weighted by molar-refractivity contribution is 5.71. The molecule has 0 spiro atoms. The molecule has 5 aromatic rings. The summed E-state index contributed by atoms with van der Waals surface area (Å²) in [5, 5.41) is 8.66. The van der Waals surface area contributed by atoms with E-state index in [2.05, 4.69) is 22.2 Å². The van der Waals surface area contributed by atoms with Gasteiger partial charge < -0.3 is 18.6 Å². The van der Waals surface area contributed by atoms with E-state index in [1.54, 1.807) is 30.1 Å². The van der Waals surface area contributed by atoms with Crippen molar-refractivity contribution >= 4 is 5.52 Å². The summed E-state index contributed by atoms with van der Waals surface area (Å²) in [5.41, 5.74) is 2.45. The molecule has 0 amide bonds. The Morgan fingerprint density at radius 2 is 1.77 bits per heavy atom. The van der Waals surface area contributed by atoms with Crippen LogP contribution in [-0.2, 0) is 6.54 Å². The molecule has 5 rings (SSSR count). The van der Waals surface area contributed by atoms with Crippen molar-refractivity contribution in [1.29, 1.82) is 0 Å². The summed E-state index contributed by atoms with van der Waals surface area (Å²) in [5.74, 6) is 2.10. The van der Waals surface area contributed by atoms with Gasteiger partial charge in [-0.1, -0.05) is 42.8 Å². The minimum absolute atomic E-state index is 0.134. The molecule has 2 aromatic carbocycles. The molecular weight excluding hydrogens is 446 g/mol. The molecule has 3 heterocycles. The van der Waals surface area contributed by atoms with Crippen LogP contribution in [0.4, 0.5) is 0 Å². The summed E-state index contributed by atoms with van der Waals surface area (Å²) in [7, 11) is 1.59. The number of aromatic nitrogens is 5. The molecule has 0 aliphatic rings. The molecule has 9 nitrogen and oxygen atoms in total. The van der Waals surface area contributed by atoms with Crippen molar-refractivity contribution < 1.29 is 14.0 Å². The lowest BCUT2D eigenvalue weighted by Gasteiger charge is -2.09. The maximum Gasteiger partial charge on any atom is 0.277 e. The summed E-state index contributed by atoms with van der Waals surface area (Å²) >= 11 is 0. The van der Waals surface area contributed by atoms with Crippen molar-refractivity contribution in [1.82, 2.24) is 24.3 Å². The molecule has 0 radical (unpaired) electrons. The molecule has 0 aliphatic carbocycles. The Morgan fingerprint density at radius 3 is 2.57 bits per heavy atom. The number of nitrogens with zero attached hydrogens (tertiary/aromatic N) is 5. The lowest BCUT2D eigenvalue weighted by atomic mass is 10.1. The standard InChI is InChI=1S/C26H25N5O4/c1-3-4-15-34-23-12-8-5-9-18(23)20-16-21-26(32)30(13-14-31(21)28-20)17-24-27-25(29-35-24)19-10-6-7-11-22(19)33-2/h5-14,16H,3-4,15,17H2,1-2H3. The Morgan fingerprint density at radius 1 is 1.00 bits per heavy atom. The number of hydrogen-bond donors (Lipinski definition) is 0. The molecule has 0 aliphatic heterocycles. The molecule has 0 atom stereocenters. The summed E-state index contributed by atoms with van der Waals surface area (Å²) < 4.78 is 19.8. The summed E-state index contributed by atoms with van der Waals surface area (Å²) in [6.07, 6.45) is 5.41. The number of benzene rings is 2. The first-order chi connectivity index (χ1) is 17.2. The first-order valence-electron chi connectivity index (χ1n) is 11.4. The molecule has 35 heavy (non-hydrogen) atoms. The van der Waals surface area contributed by atoms with E-state index in [0.29, 0.717) is 40.8 Å². The van der Waals surface area contributed by atoms with Gasteiger partial charge in [0.15, 0.2) is 0 Å². The highest BCUT2D eigenvalue weighted by Crippen LogP contribution is 2.29. The highest BCUT2D eigenvalue weighted by atomic mass is 16.5. The minimum atomic E-state index is -0.215. The fourth-order valence-corrected chi connectivity index (χ4v) is 3.82. The van der Waals surface area contributed by atoms with Gasteiger partial charge in [-0.25, -0.2) is 4.52 Å². The second-order valence-corrected chi connectivity index (χ2v) is 8.00. The Hall–Kier alpha value is -4.40. The molecule has 178 valence electrons. The zero-order valence-corrected chi connectivity index (χ0v) is 19.5. The molecule has 9 heteroatoms. The van der Waals surface area contributed by atoms with E-state index in [0.717, 1.165) is 24.2 Å². The summed E-state index contributed by atoms with van der Waals surface area (Å²) in [6, 6.07) is 16.9. The largest absolute Gasteiger partial charge is 0.496 e. The van der Waals surface area contributed by atoms with Crippen LogP contribution in [0.1, 0.15) is 25.7 Å². The number of fused-ring (bicyclic) bond motifs is 1. The first-order valence-corrected chi connectivity index (χ1v) is 11.4. The van der Waals surface area contributed by atoms with Crippen molar-refractivity contribution in [2.24, 2.45) is 0 Å². The van der Waals surface area contributed by atoms with Gasteiger partial charge in [-0.15, -0.1) is 0 Å². The first kappa shape index (κ1) is 22.4. The third-order valence-electron chi connectivity index (χ3n) is 5.64. The van der Waals surface area contributed by atoms with Crippen molar-refractivity contribution in [2.45, 2.75) is 26.3 Å². The van der Waals surface area contributed by atoms with Gasteiger partial charge in [0.1, 0.15) is 23.6 Å². The number of rotatable bonds is 9. The van der Waals surface area contributed by atoms with Gasteiger partial charge in [0.25, 0.3) is 5.56 Å². The Bertz CT molecular complexity index is 1520. The zero-order valence-electron chi connectivity index (χ0n) is 19.5. The lowest BCUT2D eigenvalue weighted by molar-refractivity contribution is 0.310. The van der Waals surface area contributed by atoms with Crippen molar-refractivity contribution in [3.63, 3.8) is 0 Å². The van der Waals surface area contributed by atoms with Crippen LogP contribution < -0.4 is 15.0 Å². The van der Waals surface area contributed by atoms with Gasteiger partial charge in [-0.05, 0) is 36.8 Å². The van der Waals surface area contributed by atoms with E-state index in [4.69, 9.17) is 14.0 Å². The van der Waals surface area contributed by atoms with Crippen molar-refractivity contribution in [2.75, 3.05) is 13.7 Å². The van der Waals surface area contributed by atoms with E-state index < -0.39 is 0 Å². The van der Waals surface area contributed by atoms with E-state index in [1.807, 2.05) is 48.5 Å². The Labute approximate surface area is 201 Å². The van der Waals surface area contributed by atoms with Crippen LogP contribution in [0.2, 0.25) is 0 Å².